The lowest BCUT2D eigenvalue weighted by molar-refractivity contribution is -0.938. The fourth-order valence-corrected chi connectivity index (χ4v) is 9.23. The molecular weight excluding hydrogens is 887 g/mol. The van der Waals surface area contributed by atoms with Crippen LogP contribution in [0.2, 0.25) is 5.02 Å². The molecule has 350 valence electrons. The zero-order valence-corrected chi connectivity index (χ0v) is 36.9. The van der Waals surface area contributed by atoms with Crippen LogP contribution >= 0.6 is 11.6 Å². The van der Waals surface area contributed by atoms with Crippen LogP contribution in [0.5, 0.6) is 11.5 Å². The molecule has 6 N–H and O–H groups in total. The molecule has 1 unspecified atom stereocenters. The molecule has 3 aliphatic rings. The van der Waals surface area contributed by atoms with Gasteiger partial charge in [0.05, 0.1) is 49.2 Å². The number of aliphatic hydroxyl groups is 1. The lowest BCUT2D eigenvalue weighted by atomic mass is 9.96. The Morgan fingerprint density at radius 2 is 1.67 bits per heavy atom. The number of amides is 2. The van der Waals surface area contributed by atoms with E-state index in [1.165, 1.54) is 19.2 Å². The number of hydrogen-bond donors (Lipinski definition) is 6. The number of epoxide rings is 1. The highest BCUT2D eigenvalue weighted by Crippen LogP contribution is 2.51. The summed E-state index contributed by atoms with van der Waals surface area (Å²) in [5.41, 5.74) is 5.05. The van der Waals surface area contributed by atoms with E-state index >= 15 is 0 Å². The molecule has 19 heteroatoms. The van der Waals surface area contributed by atoms with Gasteiger partial charge in [0.2, 0.25) is 11.5 Å². The number of fused-ring (bicyclic) bond motifs is 6. The molecule has 3 saturated heterocycles. The number of nitrogens with one attached hydrogen (secondary N) is 4. The number of ether oxygens (including phenoxy) is 3. The molecule has 6 atom stereocenters. The quantitative estimate of drug-likeness (QED) is 0.0565. The van der Waals surface area contributed by atoms with E-state index in [-0.39, 0.29) is 54.0 Å². The van der Waals surface area contributed by atoms with Crippen molar-refractivity contribution in [1.29, 1.82) is 0 Å². The van der Waals surface area contributed by atoms with Crippen molar-refractivity contribution in [3.05, 3.63) is 117 Å². The van der Waals surface area contributed by atoms with Gasteiger partial charge in [0.15, 0.2) is 0 Å². The number of alkyl halides is 3. The van der Waals surface area contributed by atoms with E-state index in [0.717, 1.165) is 39.6 Å². The number of aromatic hydroxyl groups is 1. The minimum atomic E-state index is -5.19. The molecule has 15 nitrogen and oxygen atoms in total. The Hall–Kier alpha value is -6.18. The second kappa shape index (κ2) is 19.7. The number of likely N-dealkylation sites (N-methyl/N-ethyl adjacent to an activating group) is 1. The van der Waals surface area contributed by atoms with E-state index in [1.54, 1.807) is 24.3 Å². The Morgan fingerprint density at radius 1 is 0.970 bits per heavy atom. The van der Waals surface area contributed by atoms with Crippen LogP contribution in [-0.4, -0.2) is 102 Å². The van der Waals surface area contributed by atoms with Gasteiger partial charge in [-0.25, -0.2) is 4.79 Å². The molecule has 2 amide bonds. The predicted molar refractivity (Wildman–Crippen MR) is 237 cm³/mol. The number of methoxy groups -OCH3 is 1. The van der Waals surface area contributed by atoms with Crippen molar-refractivity contribution in [3.63, 3.8) is 0 Å². The number of H-pyrrole nitrogens is 1. The van der Waals surface area contributed by atoms with Gasteiger partial charge in [0.25, 0.3) is 0 Å². The molecule has 5 aromatic rings. The van der Waals surface area contributed by atoms with Crippen LogP contribution in [0.3, 0.4) is 0 Å². The van der Waals surface area contributed by atoms with Crippen LogP contribution in [-0.2, 0) is 32.0 Å². The summed E-state index contributed by atoms with van der Waals surface area (Å²) in [5, 5.41) is 39.9. The Bertz CT molecular complexity index is 2650. The number of quaternary nitrogens is 1. The van der Waals surface area contributed by atoms with Gasteiger partial charge in [-0.3, -0.25) is 14.9 Å². The van der Waals surface area contributed by atoms with Gasteiger partial charge in [0, 0.05) is 61.0 Å². The summed E-state index contributed by atoms with van der Waals surface area (Å²) in [7, 11) is 6.02. The van der Waals surface area contributed by atoms with Crippen molar-refractivity contribution in [2.24, 2.45) is 0 Å². The second-order valence-corrected chi connectivity index (χ2v) is 17.4. The van der Waals surface area contributed by atoms with Crippen molar-refractivity contribution in [3.8, 4) is 22.6 Å². The van der Waals surface area contributed by atoms with Gasteiger partial charge in [-0.05, 0) is 53.8 Å². The zero-order chi connectivity index (χ0) is 47.5. The van der Waals surface area contributed by atoms with Crippen molar-refractivity contribution >= 4 is 51.8 Å². The first kappa shape index (κ1) is 47.8. The average molecular weight is 936 g/mol. The second-order valence-electron chi connectivity index (χ2n) is 17.0. The number of aliphatic carboxylic acids is 1. The van der Waals surface area contributed by atoms with Gasteiger partial charge in [0.1, 0.15) is 47.9 Å². The van der Waals surface area contributed by atoms with Crippen LogP contribution in [0.25, 0.3) is 22.0 Å². The number of phenolic OH excluding ortho intramolecular Hbond substituents is 1. The third-order valence-corrected chi connectivity index (χ3v) is 12.7. The summed E-state index contributed by atoms with van der Waals surface area (Å²) in [6, 6.07) is 25.8. The number of halogens is 4. The number of aliphatic hydroxyl groups excluding tert-OH is 1. The van der Waals surface area contributed by atoms with Gasteiger partial charge < -0.3 is 54.4 Å². The van der Waals surface area contributed by atoms with Gasteiger partial charge >= 0.3 is 12.3 Å². The third-order valence-electron chi connectivity index (χ3n) is 12.4. The Kier molecular flexibility index (Phi) is 14.3. The number of benzene rings is 4. The molecule has 1 aromatic heterocycles. The van der Waals surface area contributed by atoms with Crippen molar-refractivity contribution in [1.82, 2.24) is 10.3 Å². The minimum Gasteiger partial charge on any atom is -0.542 e. The zero-order valence-electron chi connectivity index (χ0n) is 36.1. The number of aryl methyl sites for hydroxylation is 1. The molecule has 3 aliphatic heterocycles. The minimum absolute atomic E-state index is 0.0822. The van der Waals surface area contributed by atoms with Crippen LogP contribution in [0, 0.1) is 0 Å². The highest BCUT2D eigenvalue weighted by atomic mass is 35.5. The molecule has 0 radical (unpaired) electrons. The van der Waals surface area contributed by atoms with E-state index in [4.69, 9.17) is 35.7 Å². The number of carboxylic acids is 1. The van der Waals surface area contributed by atoms with E-state index in [0.29, 0.717) is 64.6 Å². The molecule has 2 bridgehead atoms. The normalized spacial score (nSPS) is 20.6. The number of pyridine rings is 1. The monoisotopic (exact) mass is 935 g/mol. The topological polar surface area (TPSA) is 215 Å². The number of aromatic amines is 1. The summed E-state index contributed by atoms with van der Waals surface area (Å²) in [4.78, 5) is 49.7. The largest absolute Gasteiger partial charge is 0.542 e. The number of rotatable bonds is 14. The van der Waals surface area contributed by atoms with Crippen LogP contribution in [0.15, 0.2) is 89.7 Å². The number of aromatic nitrogens is 1. The van der Waals surface area contributed by atoms with E-state index in [9.17, 15) is 37.8 Å². The SMILES string of the molecule is COc1cc(NC(=O)CCCc2ccc(-c3ccccc3)c(NC(=O)OC3C[C@@H]4[C@H]5O[C@H]5[C@H](C3)[N+]4(C)C)c2)c(Cl)cc1CNC[C@H](O)c1ccc(O)c2[nH]c(=O)ccc12.O=C([O-])C(F)(F)F. The molecule has 0 aliphatic carbocycles. The van der Waals surface area contributed by atoms with E-state index in [1.807, 2.05) is 48.5 Å². The fraction of sp³-hybridized carbons (Fsp3) is 0.362. The Balaban J connectivity index is 0.000000858. The molecule has 0 spiro atoms. The first-order chi connectivity index (χ1) is 31.3. The van der Waals surface area contributed by atoms with E-state index in [2.05, 4.69) is 35.0 Å². The number of hydrogen-bond acceptors (Lipinski definition) is 11. The maximum Gasteiger partial charge on any atom is 0.430 e. The summed E-state index contributed by atoms with van der Waals surface area (Å²) >= 11 is 6.64. The molecule has 3 fully saturated rings. The molecule has 4 aromatic carbocycles. The lowest BCUT2D eigenvalue weighted by Gasteiger charge is -2.45. The van der Waals surface area contributed by atoms with Crippen LogP contribution in [0.4, 0.5) is 29.3 Å². The Labute approximate surface area is 382 Å². The van der Waals surface area contributed by atoms with Crippen LogP contribution < -0.4 is 31.4 Å². The standard InChI is InChI=1S/C45H48ClN5O8.C2HF3O2/c1-51(2)35-20-28(21-36(51)44-43(35)59-44)58-45(56)49-33-18-25(12-13-29(33)26-9-5-4-6-10-26)8-7-11-40(54)48-34-22-39(57-3)27(19-32(34)46)23-47-24-38(53)30-14-16-37(52)42-31(30)15-17-41(55)50-42;3-2(4,5)1(6)7/h4-6,9-10,12-19,22,28,35-36,38,43-44,47,53H,7-8,11,20-21,23-24H2,1-3H3,(H3-,48,49,50,52,54,55,56);(H,6,7)/t28?,35-,36+,38-,43-,44+;/m0./s1. The van der Waals surface area contributed by atoms with E-state index < -0.39 is 24.3 Å². The molecule has 66 heavy (non-hydrogen) atoms. The van der Waals surface area contributed by atoms with Gasteiger partial charge in [-0.15, -0.1) is 0 Å². The first-order valence-corrected chi connectivity index (χ1v) is 21.5. The molecular formula is C47H49ClF3N5O10. The Morgan fingerprint density at radius 3 is 2.33 bits per heavy atom. The predicted octanol–water partition coefficient (Wildman–Crippen LogP) is 5.95. The summed E-state index contributed by atoms with van der Waals surface area (Å²) in [5.74, 6) is -2.80. The number of carbonyl (C=O) groups excluding carboxylic acids is 3. The first-order valence-electron chi connectivity index (χ1n) is 21.2. The number of morpholine rings is 1. The maximum absolute atomic E-state index is 13.4. The summed E-state index contributed by atoms with van der Waals surface area (Å²) in [6.45, 7) is 0.458. The number of piperidine rings is 1. The summed E-state index contributed by atoms with van der Waals surface area (Å²) < 4.78 is 50.0. The van der Waals surface area contributed by atoms with Crippen molar-refractivity contribution < 1.29 is 61.6 Å². The molecule has 8 rings (SSSR count). The highest BCUT2D eigenvalue weighted by molar-refractivity contribution is 6.33. The van der Waals surface area contributed by atoms with Crippen LogP contribution in [0.1, 0.15) is 48.5 Å². The molecule has 0 saturated carbocycles. The van der Waals surface area contributed by atoms with Gasteiger partial charge in [-0.2, -0.15) is 13.2 Å². The number of anilines is 2. The fourth-order valence-electron chi connectivity index (χ4n) is 9.00. The number of phenols is 1. The maximum atomic E-state index is 13.4. The highest BCUT2D eigenvalue weighted by Gasteiger charge is 2.70. The van der Waals surface area contributed by atoms with Gasteiger partial charge in [-0.1, -0.05) is 60.1 Å². The summed E-state index contributed by atoms with van der Waals surface area (Å²) in [6.07, 6.45) is -3.29. The number of nitrogens with zero attached hydrogens (tertiary/aromatic N) is 1. The number of carboxylic acid groups (broad SMARTS) is 1. The smallest absolute Gasteiger partial charge is 0.430 e. The van der Waals surface area contributed by atoms with Crippen molar-refractivity contribution in [2.75, 3.05) is 38.4 Å². The van der Waals surface area contributed by atoms with Crippen molar-refractivity contribution in [2.45, 2.75) is 81.3 Å². The molecule has 4 heterocycles. The average Bonchev–Trinajstić information content (AvgIpc) is 4.04. The third kappa shape index (κ3) is 10.9. The number of carbonyl (C=O) groups is 3. The lowest BCUT2D eigenvalue weighted by Crippen LogP contribution is -2.60.